The van der Waals surface area contributed by atoms with Crippen LogP contribution in [0.15, 0.2) is 24.3 Å². The molecule has 1 saturated heterocycles. The third-order valence-corrected chi connectivity index (χ3v) is 2.57. The lowest BCUT2D eigenvalue weighted by atomic mass is 10.2. The molecule has 1 aromatic carbocycles. The van der Waals surface area contributed by atoms with Crippen LogP contribution < -0.4 is 11.1 Å². The maximum atomic E-state index is 5.84. The molecular formula is C10H13ClN2O. The van der Waals surface area contributed by atoms with Crippen molar-refractivity contribution in [1.82, 2.24) is 0 Å². The molecule has 0 bridgehead atoms. The molecule has 1 fully saturated rings. The van der Waals surface area contributed by atoms with Crippen LogP contribution in [0.5, 0.6) is 0 Å². The van der Waals surface area contributed by atoms with Gasteiger partial charge in [-0.05, 0) is 24.3 Å². The summed E-state index contributed by atoms with van der Waals surface area (Å²) >= 11 is 5.78. The Kier molecular flexibility index (Phi) is 2.91. The molecule has 2 rings (SSSR count). The Balaban J connectivity index is 2.00. The molecule has 1 aliphatic heterocycles. The molecule has 0 unspecified atom stereocenters. The van der Waals surface area contributed by atoms with Crippen LogP contribution >= 0.6 is 11.6 Å². The van der Waals surface area contributed by atoms with Crippen molar-refractivity contribution in [2.75, 3.05) is 18.5 Å². The minimum absolute atomic E-state index is 0.0747. The topological polar surface area (TPSA) is 47.3 Å². The fourth-order valence-electron chi connectivity index (χ4n) is 1.48. The molecule has 0 aromatic heterocycles. The first kappa shape index (κ1) is 9.77. The van der Waals surface area contributed by atoms with Crippen LogP contribution in [0, 0.1) is 0 Å². The van der Waals surface area contributed by atoms with Gasteiger partial charge in [0.2, 0.25) is 0 Å². The summed E-state index contributed by atoms with van der Waals surface area (Å²) in [7, 11) is 0. The molecule has 3 nitrogen and oxygen atoms in total. The highest BCUT2D eigenvalue weighted by Gasteiger charge is 2.24. The van der Waals surface area contributed by atoms with Crippen LogP contribution in [0.4, 0.5) is 5.69 Å². The molecule has 2 atom stereocenters. The standard InChI is InChI=1S/C10H13ClN2O/c11-7-1-3-8(4-2-7)13-10-6-14-5-9(10)12/h1-4,9-10,13H,5-6,12H2/t9-,10+/m1/s1. The molecule has 14 heavy (non-hydrogen) atoms. The van der Waals surface area contributed by atoms with E-state index in [4.69, 9.17) is 22.1 Å². The Morgan fingerprint density at radius 3 is 2.57 bits per heavy atom. The first-order valence-electron chi connectivity index (χ1n) is 4.61. The van der Waals surface area contributed by atoms with Gasteiger partial charge >= 0.3 is 0 Å². The molecule has 0 amide bonds. The zero-order valence-corrected chi connectivity index (χ0v) is 8.50. The van der Waals surface area contributed by atoms with E-state index in [2.05, 4.69) is 5.32 Å². The van der Waals surface area contributed by atoms with E-state index in [0.717, 1.165) is 10.7 Å². The van der Waals surface area contributed by atoms with Crippen molar-refractivity contribution in [2.45, 2.75) is 12.1 Å². The normalized spacial score (nSPS) is 26.4. The Hall–Kier alpha value is -0.770. The van der Waals surface area contributed by atoms with Gasteiger partial charge in [0.15, 0.2) is 0 Å². The SMILES string of the molecule is N[C@@H]1COC[C@@H]1Nc1ccc(Cl)cc1. The molecule has 0 radical (unpaired) electrons. The van der Waals surface area contributed by atoms with Gasteiger partial charge in [-0.2, -0.15) is 0 Å². The summed E-state index contributed by atoms with van der Waals surface area (Å²) in [6.07, 6.45) is 0. The average Bonchev–Trinajstić information content (AvgIpc) is 2.56. The number of rotatable bonds is 2. The number of benzene rings is 1. The highest BCUT2D eigenvalue weighted by molar-refractivity contribution is 6.30. The minimum Gasteiger partial charge on any atom is -0.378 e. The number of nitrogens with one attached hydrogen (secondary N) is 1. The maximum absolute atomic E-state index is 5.84. The van der Waals surface area contributed by atoms with Gasteiger partial charge in [0.05, 0.1) is 25.3 Å². The van der Waals surface area contributed by atoms with E-state index in [1.807, 2.05) is 24.3 Å². The highest BCUT2D eigenvalue weighted by atomic mass is 35.5. The summed E-state index contributed by atoms with van der Waals surface area (Å²) in [5.74, 6) is 0. The average molecular weight is 213 g/mol. The summed E-state index contributed by atoms with van der Waals surface area (Å²) in [4.78, 5) is 0. The van der Waals surface area contributed by atoms with E-state index >= 15 is 0 Å². The van der Waals surface area contributed by atoms with Gasteiger partial charge in [0.1, 0.15) is 0 Å². The van der Waals surface area contributed by atoms with Crippen LogP contribution in [0.3, 0.4) is 0 Å². The van der Waals surface area contributed by atoms with Crippen molar-refractivity contribution in [3.8, 4) is 0 Å². The number of halogens is 1. The number of nitrogens with two attached hydrogens (primary N) is 1. The zero-order chi connectivity index (χ0) is 9.97. The van der Waals surface area contributed by atoms with E-state index in [0.29, 0.717) is 13.2 Å². The van der Waals surface area contributed by atoms with Crippen LogP contribution in [-0.4, -0.2) is 25.3 Å². The molecule has 1 aromatic rings. The molecule has 1 aliphatic rings. The lowest BCUT2D eigenvalue weighted by molar-refractivity contribution is 0.192. The molecule has 0 spiro atoms. The van der Waals surface area contributed by atoms with Crippen LogP contribution in [0.25, 0.3) is 0 Å². The molecule has 4 heteroatoms. The minimum atomic E-state index is 0.0747. The Bertz CT molecular complexity index is 301. The van der Waals surface area contributed by atoms with Crippen LogP contribution in [0.2, 0.25) is 5.02 Å². The Morgan fingerprint density at radius 2 is 2.00 bits per heavy atom. The smallest absolute Gasteiger partial charge is 0.0684 e. The Morgan fingerprint density at radius 1 is 1.29 bits per heavy atom. The van der Waals surface area contributed by atoms with E-state index in [9.17, 15) is 0 Å². The molecule has 76 valence electrons. The van der Waals surface area contributed by atoms with E-state index in [-0.39, 0.29) is 12.1 Å². The van der Waals surface area contributed by atoms with Crippen molar-refractivity contribution in [3.63, 3.8) is 0 Å². The lowest BCUT2D eigenvalue weighted by Gasteiger charge is -2.16. The van der Waals surface area contributed by atoms with E-state index in [1.54, 1.807) is 0 Å². The second kappa shape index (κ2) is 4.17. The molecule has 0 saturated carbocycles. The number of ether oxygens (including phenoxy) is 1. The van der Waals surface area contributed by atoms with Crippen molar-refractivity contribution in [2.24, 2.45) is 5.73 Å². The number of hydrogen-bond donors (Lipinski definition) is 2. The summed E-state index contributed by atoms with van der Waals surface area (Å²) < 4.78 is 5.25. The molecule has 1 heterocycles. The number of hydrogen-bond acceptors (Lipinski definition) is 3. The van der Waals surface area contributed by atoms with Gasteiger partial charge in [0, 0.05) is 10.7 Å². The zero-order valence-electron chi connectivity index (χ0n) is 7.74. The van der Waals surface area contributed by atoms with Crippen LogP contribution in [0.1, 0.15) is 0 Å². The second-order valence-corrected chi connectivity index (χ2v) is 3.90. The predicted octanol–water partition coefficient (Wildman–Crippen LogP) is 1.48. The first-order chi connectivity index (χ1) is 6.75. The van der Waals surface area contributed by atoms with Crippen molar-refractivity contribution >= 4 is 17.3 Å². The van der Waals surface area contributed by atoms with E-state index in [1.165, 1.54) is 0 Å². The fraction of sp³-hybridized carbons (Fsp3) is 0.400. The molecule has 3 N–H and O–H groups in total. The lowest BCUT2D eigenvalue weighted by Crippen LogP contribution is -2.38. The van der Waals surface area contributed by atoms with E-state index < -0.39 is 0 Å². The van der Waals surface area contributed by atoms with Crippen molar-refractivity contribution < 1.29 is 4.74 Å². The van der Waals surface area contributed by atoms with Gasteiger partial charge in [-0.25, -0.2) is 0 Å². The Labute approximate surface area is 88.2 Å². The van der Waals surface area contributed by atoms with Gasteiger partial charge < -0.3 is 15.8 Å². The fourth-order valence-corrected chi connectivity index (χ4v) is 1.61. The maximum Gasteiger partial charge on any atom is 0.0684 e. The van der Waals surface area contributed by atoms with Crippen LogP contribution in [-0.2, 0) is 4.74 Å². The predicted molar refractivity (Wildman–Crippen MR) is 57.7 cm³/mol. The molecule has 0 aliphatic carbocycles. The highest BCUT2D eigenvalue weighted by Crippen LogP contribution is 2.16. The van der Waals surface area contributed by atoms with Crippen molar-refractivity contribution in [3.05, 3.63) is 29.3 Å². The van der Waals surface area contributed by atoms with Gasteiger partial charge in [-0.3, -0.25) is 0 Å². The molecular weight excluding hydrogens is 200 g/mol. The van der Waals surface area contributed by atoms with Gasteiger partial charge in [-0.15, -0.1) is 0 Å². The quantitative estimate of drug-likeness (QED) is 0.781. The third-order valence-electron chi connectivity index (χ3n) is 2.32. The van der Waals surface area contributed by atoms with Crippen molar-refractivity contribution in [1.29, 1.82) is 0 Å². The summed E-state index contributed by atoms with van der Waals surface area (Å²) in [5, 5.41) is 4.05. The first-order valence-corrected chi connectivity index (χ1v) is 4.99. The van der Waals surface area contributed by atoms with Gasteiger partial charge in [-0.1, -0.05) is 11.6 Å². The third kappa shape index (κ3) is 2.18. The summed E-state index contributed by atoms with van der Waals surface area (Å²) in [6.45, 7) is 1.30. The largest absolute Gasteiger partial charge is 0.378 e. The monoisotopic (exact) mass is 212 g/mol. The summed E-state index contributed by atoms with van der Waals surface area (Å²) in [5.41, 5.74) is 6.87. The second-order valence-electron chi connectivity index (χ2n) is 3.46. The van der Waals surface area contributed by atoms with Gasteiger partial charge in [0.25, 0.3) is 0 Å². The summed E-state index contributed by atoms with van der Waals surface area (Å²) in [6, 6.07) is 7.86. The number of anilines is 1.